The summed E-state index contributed by atoms with van der Waals surface area (Å²) in [6.07, 6.45) is 0. The van der Waals surface area contributed by atoms with Crippen molar-refractivity contribution in [1.29, 1.82) is 0 Å². The van der Waals surface area contributed by atoms with Gasteiger partial charge in [0, 0.05) is 6.07 Å². The van der Waals surface area contributed by atoms with Gasteiger partial charge in [0.2, 0.25) is 6.79 Å². The van der Waals surface area contributed by atoms with Gasteiger partial charge in [-0.1, -0.05) is 6.07 Å². The van der Waals surface area contributed by atoms with E-state index >= 15 is 0 Å². The van der Waals surface area contributed by atoms with Crippen molar-refractivity contribution in [2.24, 2.45) is 0 Å². The number of anilines is 2. The number of ether oxygens (including phenoxy) is 2. The van der Waals surface area contributed by atoms with Gasteiger partial charge in [-0.25, -0.2) is 4.79 Å². The zero-order chi connectivity index (χ0) is 16.4. The molecule has 3 rings (SSSR count). The topological polar surface area (TPSA) is 123 Å². The molecule has 23 heavy (non-hydrogen) atoms. The first-order valence-electron chi connectivity index (χ1n) is 6.48. The molecule has 0 radical (unpaired) electrons. The van der Waals surface area contributed by atoms with Crippen molar-refractivity contribution >= 4 is 23.1 Å². The number of nitro benzene ring substituents is 1. The van der Waals surface area contributed by atoms with Gasteiger partial charge in [-0.15, -0.1) is 0 Å². The number of fused-ring (bicyclic) bond motifs is 1. The standard InChI is InChI=1S/C14H11N3O6/c18-11-6-8(17(20)21)4-5-9(11)15-14(19)16-10-2-1-3-12-13(10)23-7-22-12/h1-6,18H,7H2,(H2,15,16,19). The first-order chi connectivity index (χ1) is 11.0. The Morgan fingerprint density at radius 2 is 1.96 bits per heavy atom. The third kappa shape index (κ3) is 2.93. The molecule has 0 unspecified atom stereocenters. The largest absolute Gasteiger partial charge is 0.506 e. The highest BCUT2D eigenvalue weighted by Crippen LogP contribution is 2.39. The number of carbonyl (C=O) groups excluding carboxylic acids is 1. The van der Waals surface area contributed by atoms with Crippen LogP contribution in [0.3, 0.4) is 0 Å². The van der Waals surface area contributed by atoms with Crippen molar-refractivity contribution in [3.63, 3.8) is 0 Å². The molecular weight excluding hydrogens is 306 g/mol. The molecule has 1 heterocycles. The predicted molar refractivity (Wildman–Crippen MR) is 80.0 cm³/mol. The third-order valence-corrected chi connectivity index (χ3v) is 3.09. The van der Waals surface area contributed by atoms with E-state index in [0.717, 1.165) is 6.07 Å². The molecule has 0 saturated heterocycles. The molecule has 9 nitrogen and oxygen atoms in total. The van der Waals surface area contributed by atoms with E-state index < -0.39 is 16.7 Å². The fourth-order valence-electron chi connectivity index (χ4n) is 2.04. The Morgan fingerprint density at radius 1 is 1.17 bits per heavy atom. The second kappa shape index (κ2) is 5.72. The monoisotopic (exact) mass is 317 g/mol. The molecule has 2 aromatic carbocycles. The molecule has 1 aliphatic rings. The smallest absolute Gasteiger partial charge is 0.323 e. The molecule has 2 aromatic rings. The van der Waals surface area contributed by atoms with Crippen molar-refractivity contribution < 1.29 is 24.3 Å². The van der Waals surface area contributed by atoms with Crippen LogP contribution in [-0.4, -0.2) is 22.9 Å². The van der Waals surface area contributed by atoms with Crippen LogP contribution in [0.25, 0.3) is 0 Å². The number of carbonyl (C=O) groups is 1. The highest BCUT2D eigenvalue weighted by Gasteiger charge is 2.19. The summed E-state index contributed by atoms with van der Waals surface area (Å²) in [5.41, 5.74) is 0.164. The summed E-state index contributed by atoms with van der Waals surface area (Å²) in [5, 5.41) is 25.3. The SMILES string of the molecule is O=C(Nc1ccc([N+](=O)[O-])cc1O)Nc1cccc2c1OCO2. The minimum absolute atomic E-state index is 0.0397. The Kier molecular flexibility index (Phi) is 3.59. The predicted octanol–water partition coefficient (Wildman–Crippen LogP) is 2.67. The van der Waals surface area contributed by atoms with E-state index in [1.165, 1.54) is 12.1 Å². The lowest BCUT2D eigenvalue weighted by atomic mass is 10.2. The molecule has 0 saturated carbocycles. The summed E-state index contributed by atoms with van der Waals surface area (Å²) in [4.78, 5) is 21.9. The van der Waals surface area contributed by atoms with Gasteiger partial charge < -0.3 is 25.2 Å². The van der Waals surface area contributed by atoms with E-state index in [2.05, 4.69) is 10.6 Å². The molecule has 9 heteroatoms. The van der Waals surface area contributed by atoms with E-state index in [1.807, 2.05) is 0 Å². The number of para-hydroxylation sites is 1. The summed E-state index contributed by atoms with van der Waals surface area (Å²) in [6.45, 7) is 0.0682. The minimum Gasteiger partial charge on any atom is -0.506 e. The molecule has 0 aromatic heterocycles. The van der Waals surface area contributed by atoms with Crippen LogP contribution in [0.15, 0.2) is 36.4 Å². The molecule has 118 valence electrons. The van der Waals surface area contributed by atoms with Gasteiger partial charge in [0.15, 0.2) is 11.5 Å². The van der Waals surface area contributed by atoms with Crippen molar-refractivity contribution in [2.45, 2.75) is 0 Å². The number of phenolic OH excluding ortho intramolecular Hbond substituents is 1. The highest BCUT2D eigenvalue weighted by atomic mass is 16.7. The van der Waals surface area contributed by atoms with Crippen LogP contribution in [0.5, 0.6) is 17.2 Å². The first kappa shape index (κ1) is 14.4. The number of benzene rings is 2. The maximum absolute atomic E-state index is 12.0. The molecular formula is C14H11N3O6. The molecule has 2 amide bonds. The molecule has 1 aliphatic heterocycles. The van der Waals surface area contributed by atoms with Crippen LogP contribution in [0.1, 0.15) is 0 Å². The zero-order valence-corrected chi connectivity index (χ0v) is 11.6. The summed E-state index contributed by atoms with van der Waals surface area (Å²) in [6, 6.07) is 7.74. The number of hydrogen-bond donors (Lipinski definition) is 3. The number of amides is 2. The zero-order valence-electron chi connectivity index (χ0n) is 11.6. The second-order valence-corrected chi connectivity index (χ2v) is 4.58. The number of nitro groups is 1. The summed E-state index contributed by atoms with van der Waals surface area (Å²) in [5.74, 6) is 0.517. The lowest BCUT2D eigenvalue weighted by Gasteiger charge is -2.10. The summed E-state index contributed by atoms with van der Waals surface area (Å²) in [7, 11) is 0. The Balaban J connectivity index is 1.73. The number of nitrogens with zero attached hydrogens (tertiary/aromatic N) is 1. The van der Waals surface area contributed by atoms with E-state index in [-0.39, 0.29) is 18.2 Å². The van der Waals surface area contributed by atoms with Crippen LogP contribution in [0, 0.1) is 10.1 Å². The van der Waals surface area contributed by atoms with Gasteiger partial charge in [0.05, 0.1) is 22.4 Å². The summed E-state index contributed by atoms with van der Waals surface area (Å²) >= 11 is 0. The molecule has 0 bridgehead atoms. The van der Waals surface area contributed by atoms with Gasteiger partial charge in [-0.2, -0.15) is 0 Å². The van der Waals surface area contributed by atoms with Gasteiger partial charge in [0.1, 0.15) is 5.75 Å². The highest BCUT2D eigenvalue weighted by molar-refractivity contribution is 6.01. The number of aromatic hydroxyl groups is 1. The van der Waals surface area contributed by atoms with Crippen molar-refractivity contribution in [3.8, 4) is 17.2 Å². The summed E-state index contributed by atoms with van der Waals surface area (Å²) < 4.78 is 10.5. The number of rotatable bonds is 3. The Hall–Kier alpha value is -3.49. The molecule has 0 atom stereocenters. The number of non-ortho nitro benzene ring substituents is 1. The number of nitrogens with one attached hydrogen (secondary N) is 2. The minimum atomic E-state index is -0.645. The average molecular weight is 317 g/mol. The van der Waals surface area contributed by atoms with Crippen LogP contribution in [-0.2, 0) is 0 Å². The number of urea groups is 1. The van der Waals surface area contributed by atoms with E-state index in [0.29, 0.717) is 17.2 Å². The van der Waals surface area contributed by atoms with E-state index in [4.69, 9.17) is 9.47 Å². The van der Waals surface area contributed by atoms with Crippen molar-refractivity contribution in [3.05, 3.63) is 46.5 Å². The van der Waals surface area contributed by atoms with Crippen molar-refractivity contribution in [1.82, 2.24) is 0 Å². The average Bonchev–Trinajstić information content (AvgIpc) is 2.98. The normalized spacial score (nSPS) is 11.8. The van der Waals surface area contributed by atoms with Gasteiger partial charge in [0.25, 0.3) is 5.69 Å². The lowest BCUT2D eigenvalue weighted by Crippen LogP contribution is -2.19. The molecule has 3 N–H and O–H groups in total. The van der Waals surface area contributed by atoms with Gasteiger partial charge in [-0.05, 0) is 18.2 Å². The number of hydrogen-bond acceptors (Lipinski definition) is 6. The fraction of sp³-hybridized carbons (Fsp3) is 0.0714. The Morgan fingerprint density at radius 3 is 2.70 bits per heavy atom. The van der Waals surface area contributed by atoms with Crippen LogP contribution < -0.4 is 20.1 Å². The maximum atomic E-state index is 12.0. The maximum Gasteiger partial charge on any atom is 0.323 e. The van der Waals surface area contributed by atoms with Crippen LogP contribution >= 0.6 is 0 Å². The molecule has 0 spiro atoms. The second-order valence-electron chi connectivity index (χ2n) is 4.58. The lowest BCUT2D eigenvalue weighted by molar-refractivity contribution is -0.384. The molecule has 0 aliphatic carbocycles. The van der Waals surface area contributed by atoms with E-state index in [1.54, 1.807) is 18.2 Å². The molecule has 0 fully saturated rings. The number of phenols is 1. The Bertz CT molecular complexity index is 792. The third-order valence-electron chi connectivity index (χ3n) is 3.09. The fourth-order valence-corrected chi connectivity index (χ4v) is 2.04. The van der Waals surface area contributed by atoms with Gasteiger partial charge in [-0.3, -0.25) is 10.1 Å². The van der Waals surface area contributed by atoms with Crippen LogP contribution in [0.2, 0.25) is 0 Å². The van der Waals surface area contributed by atoms with Gasteiger partial charge >= 0.3 is 6.03 Å². The van der Waals surface area contributed by atoms with Crippen molar-refractivity contribution in [2.75, 3.05) is 17.4 Å². The quantitative estimate of drug-likeness (QED) is 0.454. The van der Waals surface area contributed by atoms with Crippen LogP contribution in [0.4, 0.5) is 21.9 Å². The van der Waals surface area contributed by atoms with E-state index in [9.17, 15) is 20.0 Å². The first-order valence-corrected chi connectivity index (χ1v) is 6.48. The Labute approximate surface area is 129 Å².